The summed E-state index contributed by atoms with van der Waals surface area (Å²) in [7, 11) is 0. The number of nitrogens with one attached hydrogen (secondary N) is 1. The van der Waals surface area contributed by atoms with Gasteiger partial charge in [-0.3, -0.25) is 0 Å². The quantitative estimate of drug-likeness (QED) is 0.889. The first-order valence-electron chi connectivity index (χ1n) is 6.72. The highest BCUT2D eigenvalue weighted by atomic mass is 16.5. The molecule has 19 heavy (non-hydrogen) atoms. The summed E-state index contributed by atoms with van der Waals surface area (Å²) in [5, 5.41) is 15.0. The average Bonchev–Trinajstić information content (AvgIpc) is 2.46. The van der Waals surface area contributed by atoms with Crippen molar-refractivity contribution in [1.82, 2.24) is 4.98 Å². The molecule has 1 aromatic carbocycles. The fourth-order valence-electron chi connectivity index (χ4n) is 2.51. The number of phenols is 1. The van der Waals surface area contributed by atoms with Crippen molar-refractivity contribution in [3.8, 4) is 5.75 Å². The molecule has 4 heteroatoms. The lowest BCUT2D eigenvalue weighted by Gasteiger charge is -2.22. The van der Waals surface area contributed by atoms with E-state index in [9.17, 15) is 5.11 Å². The summed E-state index contributed by atoms with van der Waals surface area (Å²) >= 11 is 0. The number of anilines is 1. The van der Waals surface area contributed by atoms with Gasteiger partial charge in [0.1, 0.15) is 11.6 Å². The smallest absolute Gasteiger partial charge is 0.133 e. The number of hydrogen-bond donors (Lipinski definition) is 2. The molecule has 1 aromatic heterocycles. The van der Waals surface area contributed by atoms with E-state index in [1.165, 1.54) is 6.42 Å². The van der Waals surface area contributed by atoms with E-state index in [0.29, 0.717) is 5.92 Å². The number of rotatable bonds is 3. The molecule has 4 nitrogen and oxygen atoms in total. The fraction of sp³-hybridized carbons (Fsp3) is 0.400. The number of ether oxygens (including phenoxy) is 1. The summed E-state index contributed by atoms with van der Waals surface area (Å²) in [4.78, 5) is 4.37. The molecule has 2 N–H and O–H groups in total. The van der Waals surface area contributed by atoms with Crippen LogP contribution in [0.1, 0.15) is 12.8 Å². The molecule has 0 radical (unpaired) electrons. The van der Waals surface area contributed by atoms with E-state index in [1.807, 2.05) is 12.1 Å². The molecule has 0 aliphatic carbocycles. The summed E-state index contributed by atoms with van der Waals surface area (Å²) in [6.45, 7) is 2.57. The van der Waals surface area contributed by atoms with Gasteiger partial charge < -0.3 is 15.2 Å². The van der Waals surface area contributed by atoms with Crippen LogP contribution in [0.2, 0.25) is 0 Å². The Morgan fingerprint density at radius 1 is 1.37 bits per heavy atom. The van der Waals surface area contributed by atoms with E-state index in [4.69, 9.17) is 4.74 Å². The Morgan fingerprint density at radius 2 is 2.32 bits per heavy atom. The molecule has 2 aromatic rings. The normalized spacial score (nSPS) is 19.5. The number of fused-ring (bicyclic) bond motifs is 1. The molecule has 1 aliphatic heterocycles. The van der Waals surface area contributed by atoms with Crippen LogP contribution in [0.25, 0.3) is 10.8 Å². The van der Waals surface area contributed by atoms with Crippen molar-refractivity contribution in [2.75, 3.05) is 25.1 Å². The molecule has 1 fully saturated rings. The number of nitrogens with zero attached hydrogens (tertiary/aromatic N) is 1. The van der Waals surface area contributed by atoms with Crippen molar-refractivity contribution < 1.29 is 9.84 Å². The van der Waals surface area contributed by atoms with Crippen LogP contribution in [0.3, 0.4) is 0 Å². The van der Waals surface area contributed by atoms with E-state index in [-0.39, 0.29) is 5.75 Å². The second-order valence-corrected chi connectivity index (χ2v) is 5.03. The van der Waals surface area contributed by atoms with Gasteiger partial charge in [-0.05, 0) is 42.3 Å². The first-order chi connectivity index (χ1) is 9.33. The highest BCUT2D eigenvalue weighted by Gasteiger charge is 2.14. The number of hydrogen-bond acceptors (Lipinski definition) is 4. The zero-order valence-corrected chi connectivity index (χ0v) is 10.8. The Bertz CT molecular complexity index is 565. The Balaban J connectivity index is 1.78. The zero-order chi connectivity index (χ0) is 13.1. The molecule has 1 unspecified atom stereocenters. The maximum absolute atomic E-state index is 9.60. The predicted molar refractivity (Wildman–Crippen MR) is 75.4 cm³/mol. The lowest BCUT2D eigenvalue weighted by atomic mass is 10.0. The number of pyridine rings is 1. The third kappa shape index (κ3) is 2.79. The van der Waals surface area contributed by atoms with Crippen molar-refractivity contribution in [2.45, 2.75) is 12.8 Å². The SMILES string of the molecule is Oc1ccc2ccnc(NCC3CCCOC3)c2c1. The van der Waals surface area contributed by atoms with Crippen LogP contribution in [-0.2, 0) is 4.74 Å². The van der Waals surface area contributed by atoms with Crippen molar-refractivity contribution >= 4 is 16.6 Å². The van der Waals surface area contributed by atoms with E-state index in [0.717, 1.165) is 42.8 Å². The van der Waals surface area contributed by atoms with Crippen LogP contribution in [0.4, 0.5) is 5.82 Å². The Hall–Kier alpha value is -1.81. The second kappa shape index (κ2) is 5.45. The molecule has 1 aliphatic rings. The fourth-order valence-corrected chi connectivity index (χ4v) is 2.51. The predicted octanol–water partition coefficient (Wildman–Crippen LogP) is 2.78. The summed E-state index contributed by atoms with van der Waals surface area (Å²) < 4.78 is 5.48. The van der Waals surface area contributed by atoms with Gasteiger partial charge >= 0.3 is 0 Å². The van der Waals surface area contributed by atoms with Crippen molar-refractivity contribution in [1.29, 1.82) is 0 Å². The maximum atomic E-state index is 9.60. The number of benzene rings is 1. The molecular formula is C15H18N2O2. The Kier molecular flexibility index (Phi) is 3.51. The summed E-state index contributed by atoms with van der Waals surface area (Å²) in [5.74, 6) is 1.65. The average molecular weight is 258 g/mol. The van der Waals surface area contributed by atoms with Crippen LogP contribution < -0.4 is 5.32 Å². The van der Waals surface area contributed by atoms with Gasteiger partial charge in [-0.15, -0.1) is 0 Å². The monoisotopic (exact) mass is 258 g/mol. The molecule has 0 saturated carbocycles. The minimum absolute atomic E-state index is 0.268. The molecule has 0 spiro atoms. The molecule has 1 atom stereocenters. The lowest BCUT2D eigenvalue weighted by molar-refractivity contribution is 0.0595. The largest absolute Gasteiger partial charge is 0.508 e. The summed E-state index contributed by atoms with van der Waals surface area (Å²) in [6, 6.07) is 7.30. The van der Waals surface area contributed by atoms with Gasteiger partial charge in [0.15, 0.2) is 0 Å². The van der Waals surface area contributed by atoms with Gasteiger partial charge in [-0.25, -0.2) is 4.98 Å². The molecule has 1 saturated heterocycles. The molecule has 0 bridgehead atoms. The van der Waals surface area contributed by atoms with Crippen LogP contribution >= 0.6 is 0 Å². The molecular weight excluding hydrogens is 240 g/mol. The van der Waals surface area contributed by atoms with E-state index in [1.54, 1.807) is 18.3 Å². The number of phenolic OH excluding ortho intramolecular Hbond substituents is 1. The Labute approximate surface area is 112 Å². The minimum atomic E-state index is 0.268. The van der Waals surface area contributed by atoms with E-state index in [2.05, 4.69) is 10.3 Å². The first-order valence-corrected chi connectivity index (χ1v) is 6.72. The minimum Gasteiger partial charge on any atom is -0.508 e. The lowest BCUT2D eigenvalue weighted by Crippen LogP contribution is -2.24. The van der Waals surface area contributed by atoms with Gasteiger partial charge in [0.25, 0.3) is 0 Å². The van der Waals surface area contributed by atoms with Gasteiger partial charge in [0.05, 0.1) is 6.61 Å². The third-order valence-electron chi connectivity index (χ3n) is 3.56. The number of aromatic nitrogens is 1. The van der Waals surface area contributed by atoms with Crippen molar-refractivity contribution in [3.05, 3.63) is 30.5 Å². The van der Waals surface area contributed by atoms with Gasteiger partial charge in [0.2, 0.25) is 0 Å². The van der Waals surface area contributed by atoms with Gasteiger partial charge in [0, 0.05) is 24.7 Å². The van der Waals surface area contributed by atoms with Crippen LogP contribution in [-0.4, -0.2) is 29.8 Å². The van der Waals surface area contributed by atoms with Crippen molar-refractivity contribution in [2.24, 2.45) is 5.92 Å². The van der Waals surface area contributed by atoms with Crippen LogP contribution in [0.15, 0.2) is 30.5 Å². The maximum Gasteiger partial charge on any atom is 0.133 e. The third-order valence-corrected chi connectivity index (χ3v) is 3.56. The molecule has 0 amide bonds. The second-order valence-electron chi connectivity index (χ2n) is 5.03. The standard InChI is InChI=1S/C15H18N2O2/c18-13-4-3-12-5-6-16-15(14(12)8-13)17-9-11-2-1-7-19-10-11/h3-6,8,11,18H,1-2,7,9-10H2,(H,16,17). The van der Waals surface area contributed by atoms with Crippen LogP contribution in [0.5, 0.6) is 5.75 Å². The first kappa shape index (κ1) is 12.2. The highest BCUT2D eigenvalue weighted by molar-refractivity contribution is 5.92. The number of aromatic hydroxyl groups is 1. The van der Waals surface area contributed by atoms with Crippen LogP contribution in [0, 0.1) is 5.92 Å². The Morgan fingerprint density at radius 3 is 3.16 bits per heavy atom. The molecule has 2 heterocycles. The van der Waals surface area contributed by atoms with Gasteiger partial charge in [-0.1, -0.05) is 6.07 Å². The van der Waals surface area contributed by atoms with Crippen molar-refractivity contribution in [3.63, 3.8) is 0 Å². The van der Waals surface area contributed by atoms with E-state index >= 15 is 0 Å². The van der Waals surface area contributed by atoms with Gasteiger partial charge in [-0.2, -0.15) is 0 Å². The molecule has 3 rings (SSSR count). The van der Waals surface area contributed by atoms with E-state index < -0.39 is 0 Å². The summed E-state index contributed by atoms with van der Waals surface area (Å²) in [5.41, 5.74) is 0. The molecule has 100 valence electrons. The summed E-state index contributed by atoms with van der Waals surface area (Å²) in [6.07, 6.45) is 4.12. The highest BCUT2D eigenvalue weighted by Crippen LogP contribution is 2.25. The topological polar surface area (TPSA) is 54.4 Å². The zero-order valence-electron chi connectivity index (χ0n) is 10.8.